The summed E-state index contributed by atoms with van der Waals surface area (Å²) in [7, 11) is 0. The molecule has 0 aromatic carbocycles. The average molecular weight is 255 g/mol. The maximum Gasteiger partial charge on any atom is 0.328 e. The van der Waals surface area contributed by atoms with Gasteiger partial charge in [0.2, 0.25) is 5.91 Å². The number of nitrogens with one attached hydrogen (secondary N) is 1. The fourth-order valence-electron chi connectivity index (χ4n) is 1.68. The number of rotatable bonds is 11. The number of carboxylic acids is 1. The molecule has 18 heavy (non-hydrogen) atoms. The van der Waals surface area contributed by atoms with Crippen LogP contribution in [0.4, 0.5) is 0 Å². The zero-order chi connectivity index (χ0) is 13.6. The highest BCUT2D eigenvalue weighted by atomic mass is 16.4. The van der Waals surface area contributed by atoms with Crippen molar-refractivity contribution < 1.29 is 14.7 Å². The molecule has 0 saturated heterocycles. The molecule has 0 heterocycles. The van der Waals surface area contributed by atoms with Crippen molar-refractivity contribution in [1.82, 2.24) is 5.32 Å². The molecule has 0 atom stereocenters. The van der Waals surface area contributed by atoms with E-state index in [1.807, 2.05) is 0 Å². The fourth-order valence-corrected chi connectivity index (χ4v) is 1.68. The molecule has 4 nitrogen and oxygen atoms in total. The van der Waals surface area contributed by atoms with Gasteiger partial charge in [0.05, 0.1) is 0 Å². The summed E-state index contributed by atoms with van der Waals surface area (Å²) in [4.78, 5) is 21.3. The van der Waals surface area contributed by atoms with Crippen LogP contribution in [0.15, 0.2) is 12.2 Å². The predicted molar refractivity (Wildman–Crippen MR) is 72.4 cm³/mol. The normalized spacial score (nSPS) is 10.7. The van der Waals surface area contributed by atoms with E-state index in [1.165, 1.54) is 38.5 Å². The zero-order valence-corrected chi connectivity index (χ0v) is 11.3. The maximum absolute atomic E-state index is 11.1. The molecule has 104 valence electrons. The molecule has 1 amide bonds. The summed E-state index contributed by atoms with van der Waals surface area (Å²) in [6.07, 6.45) is 11.7. The lowest BCUT2D eigenvalue weighted by Gasteiger charge is -2.02. The third kappa shape index (κ3) is 12.7. The number of carboxylic acid groups (broad SMARTS) is 1. The Balaban J connectivity index is 3.25. The molecule has 0 rings (SSSR count). The van der Waals surface area contributed by atoms with Crippen LogP contribution >= 0.6 is 0 Å². The Morgan fingerprint density at radius 3 is 2.06 bits per heavy atom. The van der Waals surface area contributed by atoms with Gasteiger partial charge in [0.25, 0.3) is 0 Å². The Hall–Kier alpha value is -1.32. The summed E-state index contributed by atoms with van der Waals surface area (Å²) in [5.41, 5.74) is 0. The maximum atomic E-state index is 11.1. The van der Waals surface area contributed by atoms with Gasteiger partial charge in [0.15, 0.2) is 0 Å². The lowest BCUT2D eigenvalue weighted by Crippen LogP contribution is -2.22. The van der Waals surface area contributed by atoms with Crippen LogP contribution < -0.4 is 5.32 Å². The highest BCUT2D eigenvalue weighted by Crippen LogP contribution is 2.07. The largest absolute Gasteiger partial charge is 0.478 e. The molecule has 0 radical (unpaired) electrons. The average Bonchev–Trinajstić information content (AvgIpc) is 2.34. The molecule has 0 spiro atoms. The summed E-state index contributed by atoms with van der Waals surface area (Å²) in [6, 6.07) is 0. The van der Waals surface area contributed by atoms with E-state index in [1.54, 1.807) is 0 Å². The van der Waals surface area contributed by atoms with Crippen LogP contribution in [0.3, 0.4) is 0 Å². The summed E-state index contributed by atoms with van der Waals surface area (Å²) >= 11 is 0. The molecule has 0 saturated carbocycles. The molecule has 0 aromatic heterocycles. The van der Waals surface area contributed by atoms with Gasteiger partial charge in [-0.2, -0.15) is 0 Å². The highest BCUT2D eigenvalue weighted by Gasteiger charge is 1.96. The number of aliphatic carboxylic acids is 1. The van der Waals surface area contributed by atoms with Crippen LogP contribution in [0.25, 0.3) is 0 Å². The quantitative estimate of drug-likeness (QED) is 0.440. The minimum Gasteiger partial charge on any atom is -0.478 e. The Morgan fingerprint density at radius 1 is 0.944 bits per heavy atom. The molecule has 0 unspecified atom stereocenters. The van der Waals surface area contributed by atoms with Crippen LogP contribution in [-0.2, 0) is 9.59 Å². The smallest absolute Gasteiger partial charge is 0.328 e. The van der Waals surface area contributed by atoms with Crippen molar-refractivity contribution >= 4 is 11.9 Å². The van der Waals surface area contributed by atoms with E-state index in [0.29, 0.717) is 6.54 Å². The Morgan fingerprint density at radius 2 is 1.50 bits per heavy atom. The highest BCUT2D eigenvalue weighted by molar-refractivity contribution is 5.93. The SMILES string of the molecule is CCCCCCCCCCNC(=O)C=CC(=O)O. The van der Waals surface area contributed by atoms with Gasteiger partial charge in [-0.05, 0) is 6.42 Å². The number of carbonyl (C=O) groups excluding carboxylic acids is 1. The molecular formula is C14H25NO3. The van der Waals surface area contributed by atoms with E-state index >= 15 is 0 Å². The minimum absolute atomic E-state index is 0.333. The van der Waals surface area contributed by atoms with Crippen molar-refractivity contribution in [1.29, 1.82) is 0 Å². The first kappa shape index (κ1) is 16.7. The number of hydrogen-bond donors (Lipinski definition) is 2. The van der Waals surface area contributed by atoms with Gasteiger partial charge in [-0.25, -0.2) is 4.79 Å². The van der Waals surface area contributed by atoms with Gasteiger partial charge in [-0.1, -0.05) is 51.9 Å². The van der Waals surface area contributed by atoms with Crippen molar-refractivity contribution in [2.24, 2.45) is 0 Å². The molecule has 0 aromatic rings. The molecule has 0 fully saturated rings. The predicted octanol–water partition coefficient (Wildman–Crippen LogP) is 2.88. The van der Waals surface area contributed by atoms with E-state index in [-0.39, 0.29) is 5.91 Å². The van der Waals surface area contributed by atoms with Crippen molar-refractivity contribution in [2.45, 2.75) is 58.3 Å². The Labute approximate surface area is 109 Å². The van der Waals surface area contributed by atoms with Crippen LogP contribution in [0.1, 0.15) is 58.3 Å². The number of carbonyl (C=O) groups is 2. The molecular weight excluding hydrogens is 230 g/mol. The number of hydrogen-bond acceptors (Lipinski definition) is 2. The van der Waals surface area contributed by atoms with E-state index in [9.17, 15) is 9.59 Å². The van der Waals surface area contributed by atoms with Crippen molar-refractivity contribution in [3.8, 4) is 0 Å². The minimum atomic E-state index is -1.10. The second-order valence-electron chi connectivity index (χ2n) is 4.44. The summed E-state index contributed by atoms with van der Waals surface area (Å²) in [6.45, 7) is 2.83. The third-order valence-electron chi connectivity index (χ3n) is 2.71. The van der Waals surface area contributed by atoms with Gasteiger partial charge < -0.3 is 10.4 Å². The molecule has 0 aliphatic heterocycles. The molecule has 0 aliphatic rings. The van der Waals surface area contributed by atoms with Gasteiger partial charge in [-0.15, -0.1) is 0 Å². The van der Waals surface area contributed by atoms with Crippen molar-refractivity contribution in [3.63, 3.8) is 0 Å². The van der Waals surface area contributed by atoms with Crippen molar-refractivity contribution in [3.05, 3.63) is 12.2 Å². The number of unbranched alkanes of at least 4 members (excludes halogenated alkanes) is 7. The van der Waals surface area contributed by atoms with E-state index in [2.05, 4.69) is 12.2 Å². The fraction of sp³-hybridized carbons (Fsp3) is 0.714. The van der Waals surface area contributed by atoms with E-state index < -0.39 is 5.97 Å². The Kier molecular flexibility index (Phi) is 11.3. The summed E-state index contributed by atoms with van der Waals surface area (Å²) in [5.74, 6) is -1.43. The van der Waals surface area contributed by atoms with E-state index in [0.717, 1.165) is 25.0 Å². The van der Waals surface area contributed by atoms with Gasteiger partial charge in [0, 0.05) is 18.7 Å². The lowest BCUT2D eigenvalue weighted by atomic mass is 10.1. The van der Waals surface area contributed by atoms with E-state index in [4.69, 9.17) is 5.11 Å². The first-order valence-corrected chi connectivity index (χ1v) is 6.85. The first-order valence-electron chi connectivity index (χ1n) is 6.85. The molecule has 0 bridgehead atoms. The first-order chi connectivity index (χ1) is 8.66. The Bertz CT molecular complexity index is 262. The standard InChI is InChI=1S/C14H25NO3/c1-2-3-4-5-6-7-8-9-12-15-13(16)10-11-14(17)18/h10-11H,2-9,12H2,1H3,(H,15,16)(H,17,18). The van der Waals surface area contributed by atoms with Crippen LogP contribution in [0, 0.1) is 0 Å². The van der Waals surface area contributed by atoms with Crippen LogP contribution in [-0.4, -0.2) is 23.5 Å². The topological polar surface area (TPSA) is 66.4 Å². The second-order valence-corrected chi connectivity index (χ2v) is 4.44. The summed E-state index contributed by atoms with van der Waals surface area (Å²) < 4.78 is 0. The lowest BCUT2D eigenvalue weighted by molar-refractivity contribution is -0.131. The van der Waals surface area contributed by atoms with Gasteiger partial charge in [0.1, 0.15) is 0 Å². The van der Waals surface area contributed by atoms with Crippen molar-refractivity contribution in [2.75, 3.05) is 6.54 Å². The molecule has 0 aliphatic carbocycles. The van der Waals surface area contributed by atoms with Crippen LogP contribution in [0.2, 0.25) is 0 Å². The van der Waals surface area contributed by atoms with Crippen LogP contribution in [0.5, 0.6) is 0 Å². The zero-order valence-electron chi connectivity index (χ0n) is 11.3. The third-order valence-corrected chi connectivity index (χ3v) is 2.71. The molecule has 2 N–H and O–H groups in total. The van der Waals surface area contributed by atoms with Gasteiger partial charge in [-0.3, -0.25) is 4.79 Å². The number of amides is 1. The summed E-state index contributed by atoms with van der Waals surface area (Å²) in [5, 5.41) is 11.0. The monoisotopic (exact) mass is 255 g/mol. The second kappa shape index (κ2) is 12.1. The van der Waals surface area contributed by atoms with Gasteiger partial charge >= 0.3 is 5.97 Å². The molecule has 4 heteroatoms.